The fourth-order valence-electron chi connectivity index (χ4n) is 5.10. The lowest BCUT2D eigenvalue weighted by Gasteiger charge is -2.29. The first-order chi connectivity index (χ1) is 15.7. The molecule has 2 fully saturated rings. The summed E-state index contributed by atoms with van der Waals surface area (Å²) in [6.45, 7) is 4.06. The SMILES string of the molecule is O=[N+]([O-])c1ccccc1-c1ccc(CN2CCCC2c2ccc(N3CCCCC3)cc2)o1. The number of nitro benzene ring substituents is 1. The van der Waals surface area contributed by atoms with Crippen molar-refractivity contribution in [3.8, 4) is 11.3 Å². The molecule has 2 aliphatic heterocycles. The Hall–Kier alpha value is -3.12. The van der Waals surface area contributed by atoms with Gasteiger partial charge in [0.1, 0.15) is 11.5 Å². The number of hydrogen-bond donors (Lipinski definition) is 0. The predicted molar refractivity (Wildman–Crippen MR) is 126 cm³/mol. The Balaban J connectivity index is 1.29. The molecule has 0 spiro atoms. The number of para-hydroxylation sites is 1. The van der Waals surface area contributed by atoms with E-state index < -0.39 is 0 Å². The van der Waals surface area contributed by atoms with Gasteiger partial charge in [-0.2, -0.15) is 0 Å². The molecule has 2 saturated heterocycles. The molecule has 0 N–H and O–H groups in total. The van der Waals surface area contributed by atoms with Gasteiger partial charge < -0.3 is 9.32 Å². The second kappa shape index (κ2) is 9.17. The molecule has 6 nitrogen and oxygen atoms in total. The summed E-state index contributed by atoms with van der Waals surface area (Å²) in [4.78, 5) is 15.9. The van der Waals surface area contributed by atoms with Crippen LogP contribution >= 0.6 is 0 Å². The van der Waals surface area contributed by atoms with Crippen molar-refractivity contribution in [3.63, 3.8) is 0 Å². The van der Waals surface area contributed by atoms with E-state index in [1.165, 1.54) is 36.6 Å². The first kappa shape index (κ1) is 20.8. The zero-order chi connectivity index (χ0) is 21.9. The Morgan fingerprint density at radius 1 is 0.906 bits per heavy atom. The highest BCUT2D eigenvalue weighted by atomic mass is 16.6. The van der Waals surface area contributed by atoms with Gasteiger partial charge in [-0.1, -0.05) is 24.3 Å². The molecular formula is C26H29N3O3. The third kappa shape index (κ3) is 4.28. The van der Waals surface area contributed by atoms with Crippen LogP contribution in [0.4, 0.5) is 11.4 Å². The van der Waals surface area contributed by atoms with Crippen LogP contribution in [-0.4, -0.2) is 29.5 Å². The molecule has 5 rings (SSSR count). The lowest BCUT2D eigenvalue weighted by atomic mass is 10.0. The first-order valence-corrected chi connectivity index (χ1v) is 11.6. The van der Waals surface area contributed by atoms with Crippen LogP contribution in [-0.2, 0) is 6.54 Å². The highest BCUT2D eigenvalue weighted by Crippen LogP contribution is 2.36. The van der Waals surface area contributed by atoms with Crippen molar-refractivity contribution in [1.82, 2.24) is 4.90 Å². The fraction of sp³-hybridized carbons (Fsp3) is 0.385. The van der Waals surface area contributed by atoms with Crippen molar-refractivity contribution >= 4 is 11.4 Å². The summed E-state index contributed by atoms with van der Waals surface area (Å²) >= 11 is 0. The van der Waals surface area contributed by atoms with E-state index in [1.807, 2.05) is 12.1 Å². The van der Waals surface area contributed by atoms with E-state index in [1.54, 1.807) is 18.2 Å². The minimum absolute atomic E-state index is 0.0706. The van der Waals surface area contributed by atoms with Crippen molar-refractivity contribution in [2.45, 2.75) is 44.7 Å². The van der Waals surface area contributed by atoms with Crippen LogP contribution < -0.4 is 4.90 Å². The van der Waals surface area contributed by atoms with Crippen LogP contribution in [0.1, 0.15) is 49.5 Å². The van der Waals surface area contributed by atoms with Crippen molar-refractivity contribution in [3.05, 3.63) is 82.1 Å². The molecule has 1 atom stereocenters. The second-order valence-electron chi connectivity index (χ2n) is 8.81. The van der Waals surface area contributed by atoms with Gasteiger partial charge in [0, 0.05) is 30.9 Å². The molecule has 1 aromatic heterocycles. The molecule has 0 amide bonds. The molecule has 0 bridgehead atoms. The molecule has 2 aromatic carbocycles. The molecule has 0 saturated carbocycles. The molecule has 0 aliphatic carbocycles. The van der Waals surface area contributed by atoms with Gasteiger partial charge in [-0.05, 0) is 74.5 Å². The lowest BCUT2D eigenvalue weighted by Crippen LogP contribution is -2.29. The van der Waals surface area contributed by atoms with E-state index >= 15 is 0 Å². The number of hydrogen-bond acceptors (Lipinski definition) is 5. The number of likely N-dealkylation sites (tertiary alicyclic amines) is 1. The van der Waals surface area contributed by atoms with Gasteiger partial charge in [0.25, 0.3) is 5.69 Å². The smallest absolute Gasteiger partial charge is 0.280 e. The summed E-state index contributed by atoms with van der Waals surface area (Å²) in [6.07, 6.45) is 6.22. The van der Waals surface area contributed by atoms with Crippen LogP contribution in [0.5, 0.6) is 0 Å². The van der Waals surface area contributed by atoms with Crippen molar-refractivity contribution < 1.29 is 9.34 Å². The highest BCUT2D eigenvalue weighted by Gasteiger charge is 2.27. The summed E-state index contributed by atoms with van der Waals surface area (Å²) in [6, 6.07) is 20.0. The number of nitrogens with zero attached hydrogens (tertiary/aromatic N) is 3. The van der Waals surface area contributed by atoms with E-state index in [-0.39, 0.29) is 10.6 Å². The molecule has 3 heterocycles. The molecule has 32 heavy (non-hydrogen) atoms. The normalized spacial score (nSPS) is 19.4. The van der Waals surface area contributed by atoms with Gasteiger partial charge in [-0.25, -0.2) is 0 Å². The van der Waals surface area contributed by atoms with E-state index in [0.717, 1.165) is 38.2 Å². The van der Waals surface area contributed by atoms with Gasteiger partial charge in [0.2, 0.25) is 0 Å². The van der Waals surface area contributed by atoms with Gasteiger partial charge in [-0.15, -0.1) is 0 Å². The third-order valence-corrected chi connectivity index (χ3v) is 6.75. The maximum absolute atomic E-state index is 11.4. The topological polar surface area (TPSA) is 62.8 Å². The Labute approximate surface area is 188 Å². The Morgan fingerprint density at radius 2 is 1.69 bits per heavy atom. The van der Waals surface area contributed by atoms with Crippen molar-refractivity contribution in [2.24, 2.45) is 0 Å². The van der Waals surface area contributed by atoms with Crippen LogP contribution in [0.25, 0.3) is 11.3 Å². The lowest BCUT2D eigenvalue weighted by molar-refractivity contribution is -0.384. The molecule has 1 unspecified atom stereocenters. The largest absolute Gasteiger partial charge is 0.459 e. The fourth-order valence-corrected chi connectivity index (χ4v) is 5.10. The number of furan rings is 1. The van der Waals surface area contributed by atoms with Gasteiger partial charge in [-0.3, -0.25) is 15.0 Å². The van der Waals surface area contributed by atoms with Crippen molar-refractivity contribution in [1.29, 1.82) is 0 Å². The summed E-state index contributed by atoms with van der Waals surface area (Å²) in [7, 11) is 0. The summed E-state index contributed by atoms with van der Waals surface area (Å²) < 4.78 is 6.05. The van der Waals surface area contributed by atoms with Crippen LogP contribution in [0, 0.1) is 10.1 Å². The molecule has 166 valence electrons. The highest BCUT2D eigenvalue weighted by molar-refractivity contribution is 5.69. The number of rotatable bonds is 6. The van der Waals surface area contributed by atoms with Crippen LogP contribution in [0.3, 0.4) is 0 Å². The first-order valence-electron chi connectivity index (χ1n) is 11.6. The van der Waals surface area contributed by atoms with Crippen LogP contribution in [0.2, 0.25) is 0 Å². The number of anilines is 1. The summed E-state index contributed by atoms with van der Waals surface area (Å²) in [5.41, 5.74) is 3.28. The Kier molecular flexibility index (Phi) is 5.95. The van der Waals surface area contributed by atoms with E-state index in [4.69, 9.17) is 4.42 Å². The van der Waals surface area contributed by atoms with Gasteiger partial charge in [0.15, 0.2) is 0 Å². The monoisotopic (exact) mass is 431 g/mol. The van der Waals surface area contributed by atoms with Crippen molar-refractivity contribution in [2.75, 3.05) is 24.5 Å². The number of piperidine rings is 1. The van der Waals surface area contributed by atoms with E-state index in [2.05, 4.69) is 34.1 Å². The minimum Gasteiger partial charge on any atom is -0.459 e. The van der Waals surface area contributed by atoms with Gasteiger partial charge >= 0.3 is 0 Å². The zero-order valence-electron chi connectivity index (χ0n) is 18.3. The molecular weight excluding hydrogens is 402 g/mol. The molecule has 6 heteroatoms. The van der Waals surface area contributed by atoms with E-state index in [0.29, 0.717) is 23.9 Å². The summed E-state index contributed by atoms with van der Waals surface area (Å²) in [5.74, 6) is 1.39. The van der Waals surface area contributed by atoms with Gasteiger partial charge in [0.05, 0.1) is 17.0 Å². The minimum atomic E-state index is -0.360. The Morgan fingerprint density at radius 3 is 2.47 bits per heavy atom. The third-order valence-electron chi connectivity index (χ3n) is 6.75. The quantitative estimate of drug-likeness (QED) is 0.344. The predicted octanol–water partition coefficient (Wildman–Crippen LogP) is 6.18. The zero-order valence-corrected chi connectivity index (χ0v) is 18.3. The number of nitro groups is 1. The Bertz CT molecular complexity index is 1070. The average Bonchev–Trinajstić information content (AvgIpc) is 3.50. The number of benzene rings is 2. The molecule has 0 radical (unpaired) electrons. The second-order valence-corrected chi connectivity index (χ2v) is 8.81. The maximum Gasteiger partial charge on any atom is 0.280 e. The standard InChI is InChI=1S/C26H29N3O3/c30-29(31)25-8-3-2-7-23(25)26-15-14-22(32-26)19-28-18-6-9-24(28)20-10-12-21(13-11-20)27-16-4-1-5-17-27/h2-3,7-8,10-15,24H,1,4-6,9,16-19H2. The van der Waals surface area contributed by atoms with E-state index in [9.17, 15) is 10.1 Å². The molecule has 3 aromatic rings. The summed E-state index contributed by atoms with van der Waals surface area (Å²) in [5, 5.41) is 11.4. The average molecular weight is 432 g/mol. The van der Waals surface area contributed by atoms with Crippen LogP contribution in [0.15, 0.2) is 65.1 Å². The molecule has 2 aliphatic rings. The maximum atomic E-state index is 11.4.